The Morgan fingerprint density at radius 3 is 2.86 bits per heavy atom. The van der Waals surface area contributed by atoms with Crippen molar-refractivity contribution < 1.29 is 4.79 Å². The maximum atomic E-state index is 11.3. The van der Waals surface area contributed by atoms with Crippen LogP contribution in [-0.4, -0.2) is 22.9 Å². The maximum absolute atomic E-state index is 11.3. The Morgan fingerprint density at radius 1 is 1.57 bits per heavy atom. The summed E-state index contributed by atoms with van der Waals surface area (Å²) in [5.41, 5.74) is 6.75. The van der Waals surface area contributed by atoms with Crippen LogP contribution in [0, 0.1) is 0 Å². The number of nitrogen functional groups attached to an aromatic ring is 1. The van der Waals surface area contributed by atoms with Gasteiger partial charge in [0, 0.05) is 18.7 Å². The van der Waals surface area contributed by atoms with E-state index in [2.05, 4.69) is 15.3 Å². The zero-order valence-corrected chi connectivity index (χ0v) is 7.95. The Balaban J connectivity index is 2.35. The number of nitrogens with one attached hydrogen (secondary N) is 1. The number of nitrogens with zero attached hydrogens (tertiary/aromatic N) is 2. The van der Waals surface area contributed by atoms with Crippen molar-refractivity contribution in [3.63, 3.8) is 0 Å². The number of aromatic nitrogens is 2. The van der Waals surface area contributed by atoms with Crippen LogP contribution in [0.4, 0.5) is 5.95 Å². The van der Waals surface area contributed by atoms with E-state index in [1.807, 2.05) is 0 Å². The number of carbonyl (C=O) groups excluding carboxylic acids is 1. The number of hydrogen-bond donors (Lipinski definition) is 2. The normalized spacial score (nSPS) is 15.2. The highest BCUT2D eigenvalue weighted by atomic mass is 16.1. The molecule has 0 aromatic carbocycles. The molecule has 3 N–H and O–H groups in total. The molecule has 0 spiro atoms. The van der Waals surface area contributed by atoms with Gasteiger partial charge in [-0.25, -0.2) is 9.97 Å². The van der Waals surface area contributed by atoms with Crippen molar-refractivity contribution >= 4 is 11.9 Å². The zero-order chi connectivity index (χ0) is 10.1. The Bertz CT molecular complexity index is 373. The molecule has 0 saturated heterocycles. The highest BCUT2D eigenvalue weighted by Crippen LogP contribution is 2.39. The molecule has 1 aromatic heterocycles. The summed E-state index contributed by atoms with van der Waals surface area (Å²) in [4.78, 5) is 19.3. The van der Waals surface area contributed by atoms with Gasteiger partial charge in [-0.15, -0.1) is 0 Å². The topological polar surface area (TPSA) is 80.9 Å². The second kappa shape index (κ2) is 3.25. The second-order valence-electron chi connectivity index (χ2n) is 3.39. The van der Waals surface area contributed by atoms with Crippen molar-refractivity contribution in [3.05, 3.63) is 17.5 Å². The fourth-order valence-electron chi connectivity index (χ4n) is 1.32. The van der Waals surface area contributed by atoms with E-state index in [-0.39, 0.29) is 11.9 Å². The minimum atomic E-state index is -0.221. The molecule has 0 aliphatic heterocycles. The minimum absolute atomic E-state index is 0.174. The molecule has 5 nitrogen and oxygen atoms in total. The average molecular weight is 192 g/mol. The van der Waals surface area contributed by atoms with Crippen molar-refractivity contribution in [3.8, 4) is 0 Å². The van der Waals surface area contributed by atoms with E-state index < -0.39 is 0 Å². The fraction of sp³-hybridized carbons (Fsp3) is 0.444. The van der Waals surface area contributed by atoms with Gasteiger partial charge in [0.05, 0.1) is 0 Å². The van der Waals surface area contributed by atoms with Gasteiger partial charge in [0.1, 0.15) is 5.69 Å². The lowest BCUT2D eigenvalue weighted by atomic mass is 10.2. The number of rotatable bonds is 2. The number of hydrogen-bond acceptors (Lipinski definition) is 4. The molecule has 1 fully saturated rings. The van der Waals surface area contributed by atoms with Gasteiger partial charge in [0.25, 0.3) is 5.91 Å². The van der Waals surface area contributed by atoms with Crippen LogP contribution < -0.4 is 11.1 Å². The number of nitrogens with two attached hydrogens (primary N) is 1. The average Bonchev–Trinajstić information content (AvgIpc) is 2.98. The zero-order valence-electron chi connectivity index (χ0n) is 7.95. The van der Waals surface area contributed by atoms with Gasteiger partial charge in [-0.3, -0.25) is 4.79 Å². The first-order valence-electron chi connectivity index (χ1n) is 4.57. The van der Waals surface area contributed by atoms with Crippen LogP contribution in [0.1, 0.15) is 34.9 Å². The molecule has 1 saturated carbocycles. The summed E-state index contributed by atoms with van der Waals surface area (Å²) in [5, 5.41) is 2.51. The summed E-state index contributed by atoms with van der Waals surface area (Å²) in [6.45, 7) is 0. The molecule has 74 valence electrons. The van der Waals surface area contributed by atoms with Gasteiger partial charge in [0.15, 0.2) is 0 Å². The smallest absolute Gasteiger partial charge is 0.269 e. The predicted molar refractivity (Wildman–Crippen MR) is 51.8 cm³/mol. The van der Waals surface area contributed by atoms with Crippen LogP contribution >= 0.6 is 0 Å². The van der Waals surface area contributed by atoms with E-state index in [0.717, 1.165) is 18.5 Å². The molecule has 0 unspecified atom stereocenters. The standard InChI is InChI=1S/C9H12N4O/c1-11-8(14)7-4-6(5-2-3-5)12-9(10)13-7/h4-5H,2-3H2,1H3,(H,11,14)(H2,10,12,13). The lowest BCUT2D eigenvalue weighted by Crippen LogP contribution is -2.20. The molecular formula is C9H12N4O. The van der Waals surface area contributed by atoms with Crippen molar-refractivity contribution in [2.24, 2.45) is 0 Å². The fourth-order valence-corrected chi connectivity index (χ4v) is 1.32. The Kier molecular flexibility index (Phi) is 2.07. The van der Waals surface area contributed by atoms with E-state index in [9.17, 15) is 4.79 Å². The van der Waals surface area contributed by atoms with E-state index in [1.165, 1.54) is 0 Å². The third-order valence-corrected chi connectivity index (χ3v) is 2.22. The predicted octanol–water partition coefficient (Wildman–Crippen LogP) is 0.296. The first-order valence-corrected chi connectivity index (χ1v) is 4.57. The van der Waals surface area contributed by atoms with Gasteiger partial charge < -0.3 is 11.1 Å². The van der Waals surface area contributed by atoms with Crippen molar-refractivity contribution in [1.82, 2.24) is 15.3 Å². The van der Waals surface area contributed by atoms with Gasteiger partial charge >= 0.3 is 0 Å². The lowest BCUT2D eigenvalue weighted by Gasteiger charge is -2.03. The SMILES string of the molecule is CNC(=O)c1cc(C2CC2)nc(N)n1. The molecule has 0 radical (unpaired) electrons. The molecule has 5 heteroatoms. The summed E-state index contributed by atoms with van der Waals surface area (Å²) in [6.07, 6.45) is 2.26. The van der Waals surface area contributed by atoms with Crippen LogP contribution in [0.3, 0.4) is 0 Å². The first kappa shape index (κ1) is 8.93. The van der Waals surface area contributed by atoms with Crippen LogP contribution in [-0.2, 0) is 0 Å². The number of amides is 1. The van der Waals surface area contributed by atoms with Crippen molar-refractivity contribution in [1.29, 1.82) is 0 Å². The minimum Gasteiger partial charge on any atom is -0.368 e. The Hall–Kier alpha value is -1.65. The number of anilines is 1. The first-order chi connectivity index (χ1) is 6.70. The van der Waals surface area contributed by atoms with Gasteiger partial charge in [-0.1, -0.05) is 0 Å². The third-order valence-electron chi connectivity index (χ3n) is 2.22. The van der Waals surface area contributed by atoms with E-state index in [1.54, 1.807) is 13.1 Å². The summed E-state index contributed by atoms with van der Waals surface area (Å²) >= 11 is 0. The molecule has 1 heterocycles. The van der Waals surface area contributed by atoms with Crippen LogP contribution in [0.25, 0.3) is 0 Å². The number of carbonyl (C=O) groups is 1. The highest BCUT2D eigenvalue weighted by Gasteiger charge is 2.26. The van der Waals surface area contributed by atoms with E-state index >= 15 is 0 Å². The summed E-state index contributed by atoms with van der Waals surface area (Å²) in [5.74, 6) is 0.428. The lowest BCUT2D eigenvalue weighted by molar-refractivity contribution is 0.0958. The molecule has 14 heavy (non-hydrogen) atoms. The van der Waals surface area contributed by atoms with Crippen LogP contribution in [0.15, 0.2) is 6.07 Å². The maximum Gasteiger partial charge on any atom is 0.269 e. The Morgan fingerprint density at radius 2 is 2.29 bits per heavy atom. The summed E-state index contributed by atoms with van der Waals surface area (Å²) in [7, 11) is 1.57. The van der Waals surface area contributed by atoms with Gasteiger partial charge in [-0.05, 0) is 18.9 Å². The molecular weight excluding hydrogens is 180 g/mol. The van der Waals surface area contributed by atoms with E-state index in [4.69, 9.17) is 5.73 Å². The Labute approximate surface area is 81.7 Å². The molecule has 1 aliphatic rings. The molecule has 1 aliphatic carbocycles. The third kappa shape index (κ3) is 1.66. The molecule has 1 aromatic rings. The highest BCUT2D eigenvalue weighted by molar-refractivity contribution is 5.92. The van der Waals surface area contributed by atoms with Crippen molar-refractivity contribution in [2.75, 3.05) is 12.8 Å². The molecule has 2 rings (SSSR count). The second-order valence-corrected chi connectivity index (χ2v) is 3.39. The molecule has 0 bridgehead atoms. The van der Waals surface area contributed by atoms with Crippen LogP contribution in [0.5, 0.6) is 0 Å². The quantitative estimate of drug-likeness (QED) is 0.706. The van der Waals surface area contributed by atoms with Gasteiger partial charge in [0.2, 0.25) is 5.95 Å². The van der Waals surface area contributed by atoms with Crippen molar-refractivity contribution in [2.45, 2.75) is 18.8 Å². The monoisotopic (exact) mass is 192 g/mol. The summed E-state index contributed by atoms with van der Waals surface area (Å²) < 4.78 is 0. The van der Waals surface area contributed by atoms with Gasteiger partial charge in [-0.2, -0.15) is 0 Å². The largest absolute Gasteiger partial charge is 0.368 e. The molecule has 1 amide bonds. The molecule has 0 atom stereocenters. The summed E-state index contributed by atoms with van der Waals surface area (Å²) in [6, 6.07) is 1.72. The van der Waals surface area contributed by atoms with Crippen LogP contribution in [0.2, 0.25) is 0 Å². The van der Waals surface area contributed by atoms with E-state index in [0.29, 0.717) is 11.6 Å².